The molecule has 3 aromatic rings. The van der Waals surface area contributed by atoms with Gasteiger partial charge in [-0.3, -0.25) is 9.59 Å². The number of aliphatic hydroxyl groups excluding tert-OH is 1. The Morgan fingerprint density at radius 3 is 2.27 bits per heavy atom. The number of aliphatic hydroxyl groups is 1. The minimum absolute atomic E-state index is 0. The van der Waals surface area contributed by atoms with E-state index in [2.05, 4.69) is 61.5 Å². The van der Waals surface area contributed by atoms with Crippen LogP contribution < -0.4 is 25.7 Å². The molecule has 4 atom stereocenters. The Balaban J connectivity index is 0.00000580. The van der Waals surface area contributed by atoms with Gasteiger partial charge in [-0.05, 0) is 89.2 Å². The molecule has 290 valence electrons. The van der Waals surface area contributed by atoms with Gasteiger partial charge >= 0.3 is 35.0 Å². The molecular weight excluding hydrogens is 701 g/mol. The zero-order valence-electron chi connectivity index (χ0n) is 34.4. The van der Waals surface area contributed by atoms with Gasteiger partial charge in [-0.2, -0.15) is 11.4 Å². The van der Waals surface area contributed by atoms with Crippen molar-refractivity contribution in [1.29, 1.82) is 0 Å². The second kappa shape index (κ2) is 17.6. The monoisotopic (exact) mass is 756 g/mol. The van der Waals surface area contributed by atoms with E-state index in [0.29, 0.717) is 40.6 Å². The van der Waals surface area contributed by atoms with Crippen LogP contribution in [0.3, 0.4) is 0 Å². The van der Waals surface area contributed by atoms with E-state index in [9.17, 15) is 14.7 Å². The molecule has 2 aliphatic heterocycles. The fourth-order valence-electron chi connectivity index (χ4n) is 8.57. The quantitative estimate of drug-likeness (QED) is 0.126. The van der Waals surface area contributed by atoms with Crippen molar-refractivity contribution in [1.82, 2.24) is 15.0 Å². The van der Waals surface area contributed by atoms with Gasteiger partial charge in [0.05, 0.1) is 13.2 Å². The van der Waals surface area contributed by atoms with E-state index in [1.165, 1.54) is 19.1 Å². The molecule has 0 amide bonds. The number of fused-ring (bicyclic) bond motifs is 7. The Kier molecular flexibility index (Phi) is 13.6. The minimum atomic E-state index is -1.17. The van der Waals surface area contributed by atoms with Crippen molar-refractivity contribution >= 4 is 58.8 Å². The summed E-state index contributed by atoms with van der Waals surface area (Å²) in [5, 5.41) is 18.9. The molecule has 1 aliphatic carbocycles. The van der Waals surface area contributed by atoms with E-state index >= 15 is 0 Å². The second-order valence-electron chi connectivity index (χ2n) is 15.7. The van der Waals surface area contributed by atoms with Crippen LogP contribution in [0.1, 0.15) is 136 Å². The van der Waals surface area contributed by atoms with E-state index < -0.39 is 18.0 Å². The van der Waals surface area contributed by atoms with Crippen molar-refractivity contribution in [3.05, 3.63) is 95.2 Å². The van der Waals surface area contributed by atoms with E-state index in [-0.39, 0.29) is 53.9 Å². The number of rotatable bonds is 12. The normalized spacial score (nSPS) is 23.6. The summed E-state index contributed by atoms with van der Waals surface area (Å²) in [7, 11) is 1.34. The van der Waals surface area contributed by atoms with Crippen LogP contribution in [0.2, 0.25) is 0 Å². The summed E-state index contributed by atoms with van der Waals surface area (Å²) < 4.78 is 11.0. The molecule has 5 heterocycles. The number of allylic oxidation sites excluding steroid dienone is 3. The fourth-order valence-corrected chi connectivity index (χ4v) is 8.57. The third kappa shape index (κ3) is 8.23. The van der Waals surface area contributed by atoms with Crippen LogP contribution in [0.4, 0.5) is 0 Å². The van der Waals surface area contributed by atoms with Crippen LogP contribution in [0.5, 0.6) is 0 Å². The van der Waals surface area contributed by atoms with Crippen molar-refractivity contribution in [2.24, 2.45) is 23.7 Å². The maximum absolute atomic E-state index is 13.5. The number of methoxy groups -OCH3 is 1. The molecule has 0 saturated carbocycles. The molecule has 9 nitrogen and oxygen atoms in total. The number of esters is 2. The minimum Gasteiger partial charge on any atom is -0.664 e. The van der Waals surface area contributed by atoms with E-state index in [1.807, 2.05) is 25.2 Å². The van der Waals surface area contributed by atoms with E-state index in [1.54, 1.807) is 0 Å². The average molecular weight is 757 g/mol. The number of carbonyl (C=O) groups excluding carboxylic acids is 2. The number of hydrogen-bond donors (Lipinski definition) is 1. The number of hydrogen-bond acceptors (Lipinski definition) is 5. The summed E-state index contributed by atoms with van der Waals surface area (Å²) in [6.45, 7) is 19.3. The maximum Gasteiger partial charge on any atom is 2.00 e. The van der Waals surface area contributed by atoms with Crippen LogP contribution in [-0.4, -0.2) is 53.8 Å². The molecule has 1 fully saturated rings. The standard InChI is InChI=1S/C45H56N4O5.Mg/c1-11-29-25(6)32-20-34-27(8)31(16-17-38(50)54-19-18-24(5)15-13-14-23(3)4)42(48-34)40-41(45(52)53-10)44(51)39-28(9)35(49-43(39)40)22-37-30(12-2)26(7)33(47-37)21-36(29)46-32;/h18,20-23,27,31,41,44,51H,11-17,19H2,1-10H3;/q-4;+2/b24-18+,33-21-,34-20-,37-22-,42-40-;/t27-,31-,41+,44-;/m0./s1. The van der Waals surface area contributed by atoms with Crippen molar-refractivity contribution in [3.63, 3.8) is 0 Å². The largest absolute Gasteiger partial charge is 2.00 e. The predicted molar refractivity (Wildman–Crippen MR) is 218 cm³/mol. The molecular formula is C45H56MgN4O5-2. The van der Waals surface area contributed by atoms with Gasteiger partial charge in [0.2, 0.25) is 0 Å². The summed E-state index contributed by atoms with van der Waals surface area (Å²) >= 11 is 0. The molecule has 0 aromatic carbocycles. The number of carbonyl (C=O) groups is 2. The van der Waals surface area contributed by atoms with Crippen molar-refractivity contribution in [2.75, 3.05) is 13.7 Å². The smallest absolute Gasteiger partial charge is 0.664 e. The Hall–Kier alpha value is -3.73. The summed E-state index contributed by atoms with van der Waals surface area (Å²) in [6, 6.07) is 0. The molecule has 8 bridgehead atoms. The number of aromatic nitrogens is 3. The second-order valence-corrected chi connectivity index (χ2v) is 15.7. The van der Waals surface area contributed by atoms with Gasteiger partial charge in [-0.1, -0.05) is 98.2 Å². The molecule has 3 aromatic heterocycles. The van der Waals surface area contributed by atoms with Gasteiger partial charge in [-0.25, -0.2) is 0 Å². The number of nitrogens with zero attached hydrogens (tertiary/aromatic N) is 4. The zero-order chi connectivity index (χ0) is 39.0. The van der Waals surface area contributed by atoms with Gasteiger partial charge in [0.25, 0.3) is 0 Å². The molecule has 10 heteroatoms. The molecule has 3 aliphatic rings. The Labute approximate surface area is 342 Å². The van der Waals surface area contributed by atoms with E-state index in [4.69, 9.17) is 29.7 Å². The topological polar surface area (TPSA) is 129 Å². The van der Waals surface area contributed by atoms with E-state index in [0.717, 1.165) is 81.3 Å². The SMILES string of the molecule is CCc1c2[n-]c(c1C)/C=C1\[N-]/C(=C3\c4[n-]c(c(C)c4[C@H](O)[C@@H]3C(=O)OC)/C=c3\[n-]/c(c(C)c3CC)=C\2)[C@@H](CCC(=O)OC/C=C(\C)CCCC(C)C)[C@@H]1C.[Mg+2]. The first-order valence-electron chi connectivity index (χ1n) is 19.7. The molecule has 6 rings (SSSR count). The van der Waals surface area contributed by atoms with Crippen LogP contribution in [0.25, 0.3) is 29.1 Å². The van der Waals surface area contributed by atoms with Crippen LogP contribution >= 0.6 is 0 Å². The zero-order valence-corrected chi connectivity index (χ0v) is 35.8. The van der Waals surface area contributed by atoms with Gasteiger partial charge < -0.3 is 34.8 Å². The van der Waals surface area contributed by atoms with Crippen LogP contribution in [0.15, 0.2) is 23.0 Å². The summed E-state index contributed by atoms with van der Waals surface area (Å²) in [5.41, 5.74) is 12.1. The van der Waals surface area contributed by atoms with Gasteiger partial charge in [0.1, 0.15) is 12.5 Å². The third-order valence-electron chi connectivity index (χ3n) is 11.9. The third-order valence-corrected chi connectivity index (χ3v) is 11.9. The Bertz CT molecular complexity index is 2160. The van der Waals surface area contributed by atoms with Gasteiger partial charge in [0, 0.05) is 6.42 Å². The summed E-state index contributed by atoms with van der Waals surface area (Å²) in [4.78, 5) is 42.1. The summed E-state index contributed by atoms with van der Waals surface area (Å²) in [6.07, 6.45) is 12.5. The molecule has 1 saturated heterocycles. The molecule has 55 heavy (non-hydrogen) atoms. The number of ether oxygens (including phenoxy) is 2. The summed E-state index contributed by atoms with van der Waals surface area (Å²) in [5.74, 6) is -1.55. The first-order chi connectivity index (χ1) is 25.8. The predicted octanol–water partition coefficient (Wildman–Crippen LogP) is 6.52. The fraction of sp³-hybridized carbons (Fsp3) is 0.511. The molecule has 0 unspecified atom stereocenters. The Morgan fingerprint density at radius 2 is 1.60 bits per heavy atom. The van der Waals surface area contributed by atoms with Gasteiger partial charge in [-0.15, -0.1) is 33.5 Å². The van der Waals surface area contributed by atoms with Crippen molar-refractivity contribution in [2.45, 2.75) is 113 Å². The first kappa shape index (κ1) is 42.4. The molecule has 1 N–H and O–H groups in total. The van der Waals surface area contributed by atoms with Crippen molar-refractivity contribution in [3.8, 4) is 0 Å². The maximum atomic E-state index is 13.5. The average Bonchev–Trinajstić information content (AvgIpc) is 3.87. The molecule has 0 radical (unpaired) electrons. The van der Waals surface area contributed by atoms with Crippen molar-refractivity contribution < 1.29 is 24.2 Å². The molecule has 0 spiro atoms. The Morgan fingerprint density at radius 1 is 0.909 bits per heavy atom. The van der Waals surface area contributed by atoms with Crippen LogP contribution in [-0.2, 0) is 31.9 Å². The first-order valence-corrected chi connectivity index (χ1v) is 19.7. The van der Waals surface area contributed by atoms with Crippen LogP contribution in [0, 0.1) is 44.4 Å². The van der Waals surface area contributed by atoms with Gasteiger partial charge in [0.15, 0.2) is 0 Å².